The zero-order valence-corrected chi connectivity index (χ0v) is 14.9. The summed E-state index contributed by atoms with van der Waals surface area (Å²) in [4.78, 5) is 0. The Kier molecular flexibility index (Phi) is 4.22. The molecule has 1 aliphatic heterocycles. The van der Waals surface area contributed by atoms with Gasteiger partial charge in [-0.05, 0) is 51.9 Å². The van der Waals surface area contributed by atoms with E-state index in [1.165, 1.54) is 0 Å². The summed E-state index contributed by atoms with van der Waals surface area (Å²) in [5.74, 6) is 1.89. The van der Waals surface area contributed by atoms with E-state index in [1.54, 1.807) is 18.9 Å². The van der Waals surface area contributed by atoms with Gasteiger partial charge < -0.3 is 14.8 Å². The van der Waals surface area contributed by atoms with E-state index in [0.29, 0.717) is 22.5 Å². The lowest BCUT2D eigenvalue weighted by Crippen LogP contribution is -2.20. The predicted molar refractivity (Wildman–Crippen MR) is 98.6 cm³/mol. The number of aromatic nitrogens is 4. The summed E-state index contributed by atoms with van der Waals surface area (Å²) < 4.78 is 12.5. The molecule has 0 saturated carbocycles. The van der Waals surface area contributed by atoms with Gasteiger partial charge in [0.2, 0.25) is 5.95 Å². The number of halogens is 1. The molecule has 26 heavy (non-hydrogen) atoms. The number of fused-ring (bicyclic) bond motifs is 1. The summed E-state index contributed by atoms with van der Waals surface area (Å²) in [5.41, 5.74) is 2.88. The minimum Gasteiger partial charge on any atom is -0.493 e. The summed E-state index contributed by atoms with van der Waals surface area (Å²) in [6.45, 7) is 0. The number of hydrogen-bond acceptors (Lipinski definition) is 6. The smallest absolute Gasteiger partial charge is 0.248 e. The maximum atomic E-state index is 6.00. The van der Waals surface area contributed by atoms with Gasteiger partial charge in [0.25, 0.3) is 0 Å². The number of nitrogens with one attached hydrogen (secondary N) is 1. The highest BCUT2D eigenvalue weighted by Gasteiger charge is 2.25. The van der Waals surface area contributed by atoms with E-state index in [4.69, 9.17) is 21.1 Å². The molecule has 132 valence electrons. The third-order valence-electron chi connectivity index (χ3n) is 4.23. The van der Waals surface area contributed by atoms with Crippen LogP contribution in [0.4, 0.5) is 5.95 Å². The second-order valence-corrected chi connectivity index (χ2v) is 6.15. The molecule has 0 radical (unpaired) electrons. The van der Waals surface area contributed by atoms with Crippen LogP contribution >= 0.6 is 11.6 Å². The Labute approximate surface area is 155 Å². The second-order valence-electron chi connectivity index (χ2n) is 5.72. The van der Waals surface area contributed by atoms with E-state index >= 15 is 0 Å². The van der Waals surface area contributed by atoms with Crippen molar-refractivity contribution in [2.24, 2.45) is 0 Å². The molecule has 4 rings (SSSR count). The fourth-order valence-electron chi connectivity index (χ4n) is 2.93. The van der Waals surface area contributed by atoms with E-state index in [0.717, 1.165) is 16.8 Å². The van der Waals surface area contributed by atoms with Crippen molar-refractivity contribution in [2.45, 2.75) is 6.04 Å². The highest BCUT2D eigenvalue weighted by atomic mass is 35.5. The summed E-state index contributed by atoms with van der Waals surface area (Å²) in [6, 6.07) is 13.2. The number of allylic oxidation sites excluding steroid dienone is 1. The van der Waals surface area contributed by atoms with Gasteiger partial charge in [-0.25, -0.2) is 0 Å². The van der Waals surface area contributed by atoms with Crippen LogP contribution in [0.3, 0.4) is 0 Å². The van der Waals surface area contributed by atoms with Gasteiger partial charge in [-0.1, -0.05) is 34.9 Å². The topological polar surface area (TPSA) is 74.1 Å². The van der Waals surface area contributed by atoms with E-state index < -0.39 is 0 Å². The minimum absolute atomic E-state index is 0.188. The Balaban J connectivity index is 1.80. The van der Waals surface area contributed by atoms with Crippen LogP contribution in [0.15, 0.2) is 48.5 Å². The number of nitrogens with zero attached hydrogens (tertiary/aromatic N) is 4. The average Bonchev–Trinajstić information content (AvgIpc) is 3.16. The summed E-state index contributed by atoms with van der Waals surface area (Å²) in [6.07, 6.45) is 2.06. The van der Waals surface area contributed by atoms with Gasteiger partial charge >= 0.3 is 0 Å². The van der Waals surface area contributed by atoms with Gasteiger partial charge in [-0.2, -0.15) is 4.68 Å². The molecule has 2 aromatic carbocycles. The molecule has 0 unspecified atom stereocenters. The Hall–Kier alpha value is -3.06. The summed E-state index contributed by atoms with van der Waals surface area (Å²) >= 11 is 6.00. The highest BCUT2D eigenvalue weighted by molar-refractivity contribution is 6.30. The first-order valence-electron chi connectivity index (χ1n) is 7.94. The maximum absolute atomic E-state index is 6.00. The number of ether oxygens (including phenoxy) is 2. The third kappa shape index (κ3) is 2.86. The Bertz CT molecular complexity index is 968. The lowest BCUT2D eigenvalue weighted by molar-refractivity contribution is 0.354. The number of anilines is 1. The lowest BCUT2D eigenvalue weighted by Gasteiger charge is -2.24. The van der Waals surface area contributed by atoms with Crippen LogP contribution in [0.2, 0.25) is 5.02 Å². The Morgan fingerprint density at radius 3 is 2.54 bits per heavy atom. The van der Waals surface area contributed by atoms with Crippen LogP contribution in [0.25, 0.3) is 5.70 Å². The molecule has 2 heterocycles. The SMILES string of the molecule is COc1ccc([C@@H]2C=C(c3ccc(Cl)cc3)Nc3nnnn32)cc1OC. The number of tetrazole rings is 1. The first-order valence-corrected chi connectivity index (χ1v) is 8.32. The molecular formula is C18H16ClN5O2. The van der Waals surface area contributed by atoms with Crippen molar-refractivity contribution in [1.29, 1.82) is 0 Å². The molecule has 1 aromatic heterocycles. The van der Waals surface area contributed by atoms with Gasteiger partial charge in [0.1, 0.15) is 6.04 Å². The van der Waals surface area contributed by atoms with E-state index in [1.807, 2.05) is 42.5 Å². The van der Waals surface area contributed by atoms with Crippen molar-refractivity contribution in [3.8, 4) is 11.5 Å². The quantitative estimate of drug-likeness (QED) is 0.759. The van der Waals surface area contributed by atoms with Gasteiger partial charge in [0, 0.05) is 10.7 Å². The van der Waals surface area contributed by atoms with Crippen LogP contribution < -0.4 is 14.8 Å². The summed E-state index contributed by atoms with van der Waals surface area (Å²) in [5, 5.41) is 15.9. The zero-order chi connectivity index (χ0) is 18.1. The normalized spacial score (nSPS) is 15.7. The van der Waals surface area contributed by atoms with Crippen molar-refractivity contribution in [3.63, 3.8) is 0 Å². The molecule has 0 bridgehead atoms. The van der Waals surface area contributed by atoms with Gasteiger partial charge in [0.15, 0.2) is 11.5 Å². The van der Waals surface area contributed by atoms with Crippen LogP contribution in [0, 0.1) is 0 Å². The molecule has 1 N–H and O–H groups in total. The van der Waals surface area contributed by atoms with Gasteiger partial charge in [0.05, 0.1) is 14.2 Å². The van der Waals surface area contributed by atoms with Crippen LogP contribution in [-0.4, -0.2) is 34.4 Å². The summed E-state index contributed by atoms with van der Waals surface area (Å²) in [7, 11) is 3.22. The number of methoxy groups -OCH3 is 2. The maximum Gasteiger partial charge on any atom is 0.248 e. The van der Waals surface area contributed by atoms with Crippen molar-refractivity contribution in [2.75, 3.05) is 19.5 Å². The molecule has 3 aromatic rings. The van der Waals surface area contributed by atoms with Crippen LogP contribution in [-0.2, 0) is 0 Å². The molecule has 8 heteroatoms. The van der Waals surface area contributed by atoms with Gasteiger partial charge in [-0.3, -0.25) is 0 Å². The molecule has 1 aliphatic rings. The van der Waals surface area contributed by atoms with Crippen LogP contribution in [0.5, 0.6) is 11.5 Å². The molecular weight excluding hydrogens is 354 g/mol. The van der Waals surface area contributed by atoms with Crippen molar-refractivity contribution < 1.29 is 9.47 Å². The van der Waals surface area contributed by atoms with Crippen molar-refractivity contribution in [3.05, 3.63) is 64.7 Å². The van der Waals surface area contributed by atoms with Crippen LogP contribution in [0.1, 0.15) is 17.2 Å². The fourth-order valence-corrected chi connectivity index (χ4v) is 3.05. The van der Waals surface area contributed by atoms with Gasteiger partial charge in [-0.15, -0.1) is 0 Å². The molecule has 0 aliphatic carbocycles. The first-order chi connectivity index (χ1) is 12.7. The predicted octanol–water partition coefficient (Wildman–Crippen LogP) is 3.40. The molecule has 0 saturated heterocycles. The number of hydrogen-bond donors (Lipinski definition) is 1. The molecule has 0 amide bonds. The minimum atomic E-state index is -0.188. The first kappa shape index (κ1) is 16.4. The van der Waals surface area contributed by atoms with E-state index in [-0.39, 0.29) is 6.04 Å². The second kappa shape index (κ2) is 6.68. The van der Waals surface area contributed by atoms with Crippen molar-refractivity contribution >= 4 is 23.2 Å². The van der Waals surface area contributed by atoms with E-state index in [2.05, 4.69) is 26.9 Å². The van der Waals surface area contributed by atoms with Crippen molar-refractivity contribution in [1.82, 2.24) is 20.2 Å². The highest BCUT2D eigenvalue weighted by Crippen LogP contribution is 2.36. The molecule has 7 nitrogen and oxygen atoms in total. The standard InChI is InChI=1S/C18H16ClN5O2/c1-25-16-8-5-12(9-17(16)26-2)15-10-14(11-3-6-13(19)7-4-11)20-18-21-22-23-24(15)18/h3-10,15H,1-2H3,(H,20,21,23)/t15-/m0/s1. The molecule has 0 fully saturated rings. The van der Waals surface area contributed by atoms with E-state index in [9.17, 15) is 0 Å². The Morgan fingerprint density at radius 2 is 1.81 bits per heavy atom. The zero-order valence-electron chi connectivity index (χ0n) is 14.2. The lowest BCUT2D eigenvalue weighted by atomic mass is 10.0. The number of rotatable bonds is 4. The molecule has 0 spiro atoms. The monoisotopic (exact) mass is 369 g/mol. The fraction of sp³-hybridized carbons (Fsp3) is 0.167. The Morgan fingerprint density at radius 1 is 1.04 bits per heavy atom. The average molecular weight is 370 g/mol. The third-order valence-corrected chi connectivity index (χ3v) is 4.48. The molecule has 1 atom stereocenters. The number of benzene rings is 2. The largest absolute Gasteiger partial charge is 0.493 e.